The van der Waals surface area contributed by atoms with E-state index >= 15 is 0 Å². The Morgan fingerprint density at radius 2 is 2.19 bits per heavy atom. The summed E-state index contributed by atoms with van der Waals surface area (Å²) in [5.74, 6) is -2.66. The van der Waals surface area contributed by atoms with Gasteiger partial charge in [-0.1, -0.05) is 23.7 Å². The van der Waals surface area contributed by atoms with Gasteiger partial charge in [-0.15, -0.1) is 0 Å². The number of esters is 1. The van der Waals surface area contributed by atoms with Gasteiger partial charge in [0, 0.05) is 13.2 Å². The fourth-order valence-corrected chi connectivity index (χ4v) is 5.69. The third kappa shape index (κ3) is 3.41. The van der Waals surface area contributed by atoms with E-state index in [4.69, 9.17) is 21.1 Å². The van der Waals surface area contributed by atoms with Gasteiger partial charge in [-0.25, -0.2) is 0 Å². The van der Waals surface area contributed by atoms with Crippen molar-refractivity contribution in [3.05, 3.63) is 28.8 Å². The van der Waals surface area contributed by atoms with Crippen LogP contribution in [-0.2, 0) is 23.9 Å². The number of aliphatic hydroxyl groups excluding tert-OH is 1. The molecule has 3 fully saturated rings. The minimum Gasteiger partial charge on any atom is -0.466 e. The van der Waals surface area contributed by atoms with Crippen LogP contribution in [0.1, 0.15) is 31.7 Å². The average molecular weight is 451 g/mol. The summed E-state index contributed by atoms with van der Waals surface area (Å²) in [4.78, 5) is 41.1. The van der Waals surface area contributed by atoms with E-state index in [0.717, 1.165) is 5.56 Å². The lowest BCUT2D eigenvalue weighted by Gasteiger charge is -2.33. The summed E-state index contributed by atoms with van der Waals surface area (Å²) in [5.41, 5.74) is 0.189. The molecule has 2 bridgehead atoms. The second kappa shape index (κ2) is 8.41. The molecular weight excluding hydrogens is 424 g/mol. The van der Waals surface area contributed by atoms with Gasteiger partial charge in [0.15, 0.2) is 0 Å². The number of carbonyl (C=O) groups excluding carboxylic acids is 3. The quantitative estimate of drug-likeness (QED) is 0.615. The molecule has 3 heterocycles. The zero-order valence-corrected chi connectivity index (χ0v) is 18.4. The molecule has 3 aliphatic heterocycles. The number of aryl methyl sites for hydroxylation is 1. The molecule has 9 heteroatoms. The summed E-state index contributed by atoms with van der Waals surface area (Å²) in [5, 5.41) is 12.6. The Hall–Kier alpha value is -2.16. The lowest BCUT2D eigenvalue weighted by Crippen LogP contribution is -2.53. The molecule has 0 aromatic heterocycles. The van der Waals surface area contributed by atoms with Gasteiger partial charge in [-0.05, 0) is 44.7 Å². The maximum atomic E-state index is 13.5. The fourth-order valence-electron chi connectivity index (χ4n) is 5.42. The van der Waals surface area contributed by atoms with E-state index in [1.54, 1.807) is 19.1 Å². The summed E-state index contributed by atoms with van der Waals surface area (Å²) in [7, 11) is 0. The van der Waals surface area contributed by atoms with Gasteiger partial charge in [0.25, 0.3) is 0 Å². The van der Waals surface area contributed by atoms with Gasteiger partial charge in [-0.3, -0.25) is 14.4 Å². The normalized spacial score (nSPS) is 31.1. The van der Waals surface area contributed by atoms with Crippen LogP contribution in [0.5, 0.6) is 0 Å². The topological polar surface area (TPSA) is 105 Å². The van der Waals surface area contributed by atoms with Gasteiger partial charge in [0.05, 0.1) is 35.3 Å². The number of likely N-dealkylation sites (tertiary alicyclic amines) is 1. The Bertz CT molecular complexity index is 888. The molecule has 1 aromatic rings. The van der Waals surface area contributed by atoms with E-state index in [1.807, 2.05) is 13.0 Å². The smallest absolute Gasteiger partial charge is 0.312 e. The summed E-state index contributed by atoms with van der Waals surface area (Å²) < 4.78 is 11.5. The molecule has 31 heavy (non-hydrogen) atoms. The number of nitrogens with zero attached hydrogens (tertiary/aromatic N) is 1. The van der Waals surface area contributed by atoms with Crippen molar-refractivity contribution in [1.82, 2.24) is 4.90 Å². The molecule has 2 N–H and O–H groups in total. The highest BCUT2D eigenvalue weighted by Crippen LogP contribution is 2.58. The number of anilines is 1. The van der Waals surface area contributed by atoms with Crippen molar-refractivity contribution in [2.75, 3.05) is 25.1 Å². The standard InChI is InChI=1S/C22H27ClN2O6/c1-3-30-21(29)15-14-8-9-22(31-14)16(15)20(28)25(10-5-11-26)18(22)19(27)24-17-12(2)6-4-7-13(17)23/h4,6-7,14-16,18,26H,3,5,8-11H2,1-2H3,(H,24,27)/t14-,15+,16+,18-,22+/m1/s1. The minimum absolute atomic E-state index is 0.121. The third-order valence-electron chi connectivity index (χ3n) is 6.63. The van der Waals surface area contributed by atoms with E-state index in [0.29, 0.717) is 30.0 Å². The zero-order chi connectivity index (χ0) is 22.3. The Morgan fingerprint density at radius 1 is 1.42 bits per heavy atom. The first-order valence-electron chi connectivity index (χ1n) is 10.7. The molecule has 0 saturated carbocycles. The van der Waals surface area contributed by atoms with Crippen molar-refractivity contribution < 1.29 is 29.0 Å². The lowest BCUT2D eigenvalue weighted by atomic mass is 9.71. The molecule has 8 nitrogen and oxygen atoms in total. The molecule has 3 saturated heterocycles. The second-order valence-electron chi connectivity index (χ2n) is 8.34. The Balaban J connectivity index is 1.70. The van der Waals surface area contributed by atoms with Gasteiger partial charge < -0.3 is 24.8 Å². The van der Waals surface area contributed by atoms with Crippen molar-refractivity contribution in [2.45, 2.75) is 50.9 Å². The predicted octanol–water partition coefficient (Wildman–Crippen LogP) is 1.91. The summed E-state index contributed by atoms with van der Waals surface area (Å²) in [6.45, 7) is 3.83. The number of para-hydroxylation sites is 1. The molecule has 2 amide bonds. The van der Waals surface area contributed by atoms with Gasteiger partial charge in [0.1, 0.15) is 11.6 Å². The van der Waals surface area contributed by atoms with E-state index in [2.05, 4.69) is 5.32 Å². The van der Waals surface area contributed by atoms with Crippen LogP contribution in [0.3, 0.4) is 0 Å². The van der Waals surface area contributed by atoms with E-state index in [9.17, 15) is 19.5 Å². The molecular formula is C22H27ClN2O6. The summed E-state index contributed by atoms with van der Waals surface area (Å²) in [6.07, 6.45) is 0.955. The van der Waals surface area contributed by atoms with Crippen LogP contribution in [0.4, 0.5) is 5.69 Å². The van der Waals surface area contributed by atoms with Crippen molar-refractivity contribution in [1.29, 1.82) is 0 Å². The SMILES string of the molecule is CCOC(=O)[C@@H]1[C@H]2C(=O)N(CCCO)[C@H](C(=O)Nc3c(C)cccc3Cl)[C@]23CC[C@H]1O3. The molecule has 5 atom stereocenters. The molecule has 0 radical (unpaired) electrons. The maximum absolute atomic E-state index is 13.5. The maximum Gasteiger partial charge on any atom is 0.312 e. The van der Waals surface area contributed by atoms with Crippen molar-refractivity contribution in [2.24, 2.45) is 11.8 Å². The first-order valence-corrected chi connectivity index (χ1v) is 11.0. The predicted molar refractivity (Wildman–Crippen MR) is 112 cm³/mol. The van der Waals surface area contributed by atoms with Crippen LogP contribution >= 0.6 is 11.6 Å². The van der Waals surface area contributed by atoms with Crippen molar-refractivity contribution >= 4 is 35.1 Å². The van der Waals surface area contributed by atoms with E-state index in [-0.39, 0.29) is 25.7 Å². The highest BCUT2D eigenvalue weighted by molar-refractivity contribution is 6.34. The number of carbonyl (C=O) groups is 3. The highest BCUT2D eigenvalue weighted by Gasteiger charge is 2.74. The number of halogens is 1. The molecule has 1 spiro atoms. The highest BCUT2D eigenvalue weighted by atomic mass is 35.5. The Kier molecular flexibility index (Phi) is 5.98. The summed E-state index contributed by atoms with van der Waals surface area (Å²) in [6, 6.07) is 4.39. The van der Waals surface area contributed by atoms with Crippen LogP contribution < -0.4 is 5.32 Å². The number of hydrogen-bond acceptors (Lipinski definition) is 6. The van der Waals surface area contributed by atoms with Crippen LogP contribution in [0.2, 0.25) is 5.02 Å². The number of hydrogen-bond donors (Lipinski definition) is 2. The number of benzene rings is 1. The first-order chi connectivity index (χ1) is 14.9. The Morgan fingerprint density at radius 3 is 2.87 bits per heavy atom. The number of rotatable bonds is 7. The van der Waals surface area contributed by atoms with Gasteiger partial charge in [-0.2, -0.15) is 0 Å². The van der Waals surface area contributed by atoms with E-state index < -0.39 is 41.5 Å². The Labute approximate surface area is 185 Å². The number of amides is 2. The third-order valence-corrected chi connectivity index (χ3v) is 6.95. The molecule has 4 rings (SSSR count). The monoisotopic (exact) mass is 450 g/mol. The zero-order valence-electron chi connectivity index (χ0n) is 17.6. The van der Waals surface area contributed by atoms with Crippen LogP contribution in [-0.4, -0.2) is 65.3 Å². The number of ether oxygens (including phenoxy) is 2. The van der Waals surface area contributed by atoms with Crippen LogP contribution in [0.15, 0.2) is 18.2 Å². The number of nitrogens with one attached hydrogen (secondary N) is 1. The average Bonchev–Trinajstić information content (AvgIpc) is 3.37. The molecule has 0 unspecified atom stereocenters. The van der Waals surface area contributed by atoms with Gasteiger partial charge >= 0.3 is 5.97 Å². The number of fused-ring (bicyclic) bond motifs is 1. The second-order valence-corrected chi connectivity index (χ2v) is 8.74. The van der Waals surface area contributed by atoms with Crippen LogP contribution in [0.25, 0.3) is 0 Å². The lowest BCUT2D eigenvalue weighted by molar-refractivity contribution is -0.154. The minimum atomic E-state index is -1.09. The van der Waals surface area contributed by atoms with Crippen LogP contribution in [0, 0.1) is 18.8 Å². The molecule has 168 valence electrons. The molecule has 0 aliphatic carbocycles. The summed E-state index contributed by atoms with van der Waals surface area (Å²) >= 11 is 6.30. The molecule has 3 aliphatic rings. The van der Waals surface area contributed by atoms with Gasteiger partial charge in [0.2, 0.25) is 11.8 Å². The van der Waals surface area contributed by atoms with Crippen molar-refractivity contribution in [3.63, 3.8) is 0 Å². The molecule has 1 aromatic carbocycles. The fraction of sp³-hybridized carbons (Fsp3) is 0.591. The van der Waals surface area contributed by atoms with Crippen molar-refractivity contribution in [3.8, 4) is 0 Å². The first kappa shape index (κ1) is 22.0. The van der Waals surface area contributed by atoms with E-state index in [1.165, 1.54) is 4.90 Å². The number of aliphatic hydroxyl groups is 1. The largest absolute Gasteiger partial charge is 0.466 e.